The van der Waals surface area contributed by atoms with Crippen molar-refractivity contribution in [1.82, 2.24) is 15.6 Å². The zero-order valence-electron chi connectivity index (χ0n) is 10.4. The van der Waals surface area contributed by atoms with Crippen LogP contribution in [0.4, 0.5) is 0 Å². The summed E-state index contributed by atoms with van der Waals surface area (Å²) in [5.74, 6) is 0.165. The molecule has 1 aliphatic heterocycles. The molecule has 4 nitrogen and oxygen atoms in total. The maximum Gasteiger partial charge on any atom is 0.227 e. The second-order valence-corrected chi connectivity index (χ2v) is 5.57. The highest BCUT2D eigenvalue weighted by Gasteiger charge is 2.39. The Morgan fingerprint density at radius 2 is 2.53 bits per heavy atom. The molecule has 1 atom stereocenters. The number of hydrogen-bond donors (Lipinski definition) is 2. The lowest BCUT2D eigenvalue weighted by Gasteiger charge is -2.24. The van der Waals surface area contributed by atoms with Crippen molar-refractivity contribution in [1.29, 1.82) is 0 Å². The van der Waals surface area contributed by atoms with Crippen molar-refractivity contribution >= 4 is 17.2 Å². The molecule has 0 radical (unpaired) electrons. The number of carbonyl (C=O) groups is 1. The molecule has 94 valence electrons. The molecule has 0 bridgehead atoms. The summed E-state index contributed by atoms with van der Waals surface area (Å²) in [5, 5.41) is 9.28. The third-order valence-corrected chi connectivity index (χ3v) is 4.44. The molecule has 5 heteroatoms. The fraction of sp³-hybridized carbons (Fsp3) is 0.667. The molecule has 2 N–H and O–H groups in total. The van der Waals surface area contributed by atoms with Crippen LogP contribution in [0.3, 0.4) is 0 Å². The first-order valence-electron chi connectivity index (χ1n) is 6.06. The molecule has 0 saturated carbocycles. The molecule has 1 amide bonds. The van der Waals surface area contributed by atoms with Gasteiger partial charge in [0.25, 0.3) is 0 Å². The number of nitrogens with one attached hydrogen (secondary N) is 2. The summed E-state index contributed by atoms with van der Waals surface area (Å²) in [6.07, 6.45) is 1.83. The van der Waals surface area contributed by atoms with Crippen LogP contribution in [-0.2, 0) is 11.3 Å². The monoisotopic (exact) mass is 253 g/mol. The predicted molar refractivity (Wildman–Crippen MR) is 68.9 cm³/mol. The van der Waals surface area contributed by atoms with Crippen LogP contribution in [0.25, 0.3) is 0 Å². The summed E-state index contributed by atoms with van der Waals surface area (Å²) >= 11 is 1.60. The lowest BCUT2D eigenvalue weighted by Crippen LogP contribution is -2.41. The summed E-state index contributed by atoms with van der Waals surface area (Å²) in [4.78, 5) is 16.6. The Hall–Kier alpha value is -0.940. The smallest absolute Gasteiger partial charge is 0.227 e. The number of thiazole rings is 1. The lowest BCUT2D eigenvalue weighted by molar-refractivity contribution is -0.130. The van der Waals surface area contributed by atoms with E-state index in [0.717, 1.165) is 36.6 Å². The molecule has 0 spiro atoms. The number of hydrogen-bond acceptors (Lipinski definition) is 4. The first-order valence-corrected chi connectivity index (χ1v) is 6.94. The largest absolute Gasteiger partial charge is 0.349 e. The molecule has 1 saturated heterocycles. The van der Waals surface area contributed by atoms with Crippen LogP contribution in [-0.4, -0.2) is 24.0 Å². The first-order chi connectivity index (χ1) is 8.16. The summed E-state index contributed by atoms with van der Waals surface area (Å²) in [5.41, 5.74) is 0.818. The molecule has 0 aromatic carbocycles. The van der Waals surface area contributed by atoms with Gasteiger partial charge in [0.15, 0.2) is 0 Å². The average molecular weight is 253 g/mol. The van der Waals surface area contributed by atoms with Crippen LogP contribution in [0.1, 0.15) is 30.5 Å². The van der Waals surface area contributed by atoms with Gasteiger partial charge in [0.05, 0.1) is 12.0 Å². The van der Waals surface area contributed by atoms with Gasteiger partial charge in [-0.1, -0.05) is 6.92 Å². The van der Waals surface area contributed by atoms with Crippen LogP contribution < -0.4 is 10.6 Å². The number of amides is 1. The van der Waals surface area contributed by atoms with Gasteiger partial charge < -0.3 is 10.6 Å². The van der Waals surface area contributed by atoms with Crippen LogP contribution in [0.2, 0.25) is 0 Å². The summed E-state index contributed by atoms with van der Waals surface area (Å²) in [6.45, 7) is 6.35. The van der Waals surface area contributed by atoms with E-state index in [-0.39, 0.29) is 11.3 Å². The molecule has 0 aliphatic carbocycles. The van der Waals surface area contributed by atoms with Crippen molar-refractivity contribution < 1.29 is 4.79 Å². The first kappa shape index (κ1) is 12.5. The Morgan fingerprint density at radius 1 is 1.71 bits per heavy atom. The topological polar surface area (TPSA) is 54.0 Å². The molecule has 2 heterocycles. The minimum Gasteiger partial charge on any atom is -0.349 e. The highest BCUT2D eigenvalue weighted by molar-refractivity contribution is 7.09. The zero-order valence-corrected chi connectivity index (χ0v) is 11.2. The van der Waals surface area contributed by atoms with Crippen molar-refractivity contribution in [2.75, 3.05) is 13.1 Å². The van der Waals surface area contributed by atoms with Gasteiger partial charge in [-0.3, -0.25) is 4.79 Å². The summed E-state index contributed by atoms with van der Waals surface area (Å²) in [7, 11) is 0. The maximum atomic E-state index is 12.2. The van der Waals surface area contributed by atoms with E-state index < -0.39 is 0 Å². The lowest BCUT2D eigenvalue weighted by atomic mass is 9.83. The van der Waals surface area contributed by atoms with Gasteiger partial charge in [-0.15, -0.1) is 11.3 Å². The summed E-state index contributed by atoms with van der Waals surface area (Å²) < 4.78 is 0. The van der Waals surface area contributed by atoms with Gasteiger partial charge in [0.1, 0.15) is 5.01 Å². The number of carbonyl (C=O) groups excluding carboxylic acids is 1. The van der Waals surface area contributed by atoms with E-state index in [1.54, 1.807) is 11.3 Å². The van der Waals surface area contributed by atoms with Crippen LogP contribution >= 0.6 is 11.3 Å². The molecule has 1 fully saturated rings. The molecule has 1 aliphatic rings. The van der Waals surface area contributed by atoms with E-state index in [1.165, 1.54) is 0 Å². The Kier molecular flexibility index (Phi) is 3.79. The molecule has 2 rings (SSSR count). The maximum absolute atomic E-state index is 12.2. The predicted octanol–water partition coefficient (Wildman–Crippen LogP) is 1.46. The highest BCUT2D eigenvalue weighted by Crippen LogP contribution is 2.29. The van der Waals surface area contributed by atoms with Crippen molar-refractivity contribution in [3.8, 4) is 0 Å². The summed E-state index contributed by atoms with van der Waals surface area (Å²) in [6, 6.07) is 0. The Labute approximate surface area is 106 Å². The van der Waals surface area contributed by atoms with E-state index >= 15 is 0 Å². The van der Waals surface area contributed by atoms with Crippen LogP contribution in [0.5, 0.6) is 0 Å². The van der Waals surface area contributed by atoms with Crippen molar-refractivity contribution in [2.24, 2.45) is 5.41 Å². The van der Waals surface area contributed by atoms with Gasteiger partial charge in [-0.2, -0.15) is 0 Å². The minimum absolute atomic E-state index is 0.165. The molecule has 17 heavy (non-hydrogen) atoms. The molecule has 1 aromatic heterocycles. The molecule has 1 aromatic rings. The Morgan fingerprint density at radius 3 is 3.06 bits per heavy atom. The van der Waals surface area contributed by atoms with Crippen molar-refractivity contribution in [3.63, 3.8) is 0 Å². The van der Waals surface area contributed by atoms with Crippen LogP contribution in [0, 0.1) is 12.3 Å². The number of aromatic nitrogens is 1. The highest BCUT2D eigenvalue weighted by atomic mass is 32.1. The van der Waals surface area contributed by atoms with Gasteiger partial charge in [-0.25, -0.2) is 4.98 Å². The average Bonchev–Trinajstić information content (AvgIpc) is 2.95. The van der Waals surface area contributed by atoms with Gasteiger partial charge in [0, 0.05) is 17.6 Å². The van der Waals surface area contributed by atoms with Gasteiger partial charge >= 0.3 is 0 Å². The number of nitrogens with zero attached hydrogens (tertiary/aromatic N) is 1. The van der Waals surface area contributed by atoms with E-state index in [2.05, 4.69) is 22.5 Å². The molecule has 1 unspecified atom stereocenters. The minimum atomic E-state index is -0.202. The number of rotatable bonds is 4. The quantitative estimate of drug-likeness (QED) is 0.854. The molecular formula is C12H19N3OS. The fourth-order valence-electron chi connectivity index (χ4n) is 2.23. The SMILES string of the molecule is CCC1(C(=O)NCc2nc(C)cs2)CCNC1. The van der Waals surface area contributed by atoms with Gasteiger partial charge in [0.2, 0.25) is 5.91 Å². The Balaban J connectivity index is 1.92. The van der Waals surface area contributed by atoms with Crippen molar-refractivity contribution in [2.45, 2.75) is 33.2 Å². The third-order valence-electron chi connectivity index (χ3n) is 3.47. The second kappa shape index (κ2) is 5.14. The Bertz CT molecular complexity index is 396. The number of aryl methyl sites for hydroxylation is 1. The van der Waals surface area contributed by atoms with Gasteiger partial charge in [-0.05, 0) is 26.3 Å². The standard InChI is InChI=1S/C12H19N3OS/c1-3-12(4-5-13-8-12)11(16)14-6-10-15-9(2)7-17-10/h7,13H,3-6,8H2,1-2H3,(H,14,16). The normalized spacial score (nSPS) is 23.9. The fourth-order valence-corrected chi connectivity index (χ4v) is 2.94. The van der Waals surface area contributed by atoms with Crippen LogP contribution in [0.15, 0.2) is 5.38 Å². The third kappa shape index (κ3) is 2.66. The zero-order chi connectivity index (χ0) is 12.3. The van der Waals surface area contributed by atoms with E-state index in [4.69, 9.17) is 0 Å². The van der Waals surface area contributed by atoms with E-state index in [9.17, 15) is 4.79 Å². The molecular weight excluding hydrogens is 234 g/mol. The second-order valence-electron chi connectivity index (χ2n) is 4.63. The van der Waals surface area contributed by atoms with E-state index in [1.807, 2.05) is 12.3 Å². The van der Waals surface area contributed by atoms with E-state index in [0.29, 0.717) is 6.54 Å². The van der Waals surface area contributed by atoms with Crippen molar-refractivity contribution in [3.05, 3.63) is 16.1 Å².